The van der Waals surface area contributed by atoms with E-state index in [1.165, 1.54) is 24.3 Å². The van der Waals surface area contributed by atoms with Crippen molar-refractivity contribution in [1.29, 1.82) is 0 Å². The van der Waals surface area contributed by atoms with E-state index < -0.39 is 23.9 Å². The van der Waals surface area contributed by atoms with E-state index in [4.69, 9.17) is 29.2 Å². The highest BCUT2D eigenvalue weighted by Crippen LogP contribution is 2.14. The quantitative estimate of drug-likeness (QED) is 0.456. The number of aromatic carboxylic acids is 2. The van der Waals surface area contributed by atoms with Gasteiger partial charge in [-0.15, -0.1) is 0 Å². The molecule has 0 spiro atoms. The molecule has 2 aliphatic rings. The first-order valence-corrected chi connectivity index (χ1v) is 9.59. The third-order valence-corrected chi connectivity index (χ3v) is 4.36. The minimum Gasteiger partial charge on any atom is -0.478 e. The zero-order valence-electron chi connectivity index (χ0n) is 16.8. The number of benzene rings is 2. The largest absolute Gasteiger partial charge is 0.478 e. The van der Waals surface area contributed by atoms with E-state index in [0.29, 0.717) is 13.2 Å². The average molecular weight is 444 g/mol. The number of esters is 2. The smallest absolute Gasteiger partial charge is 0.339 e. The summed E-state index contributed by atoms with van der Waals surface area (Å²) in [6, 6.07) is 11.9. The van der Waals surface area contributed by atoms with Crippen molar-refractivity contribution >= 4 is 23.9 Å². The lowest BCUT2D eigenvalue weighted by atomic mass is 10.1. The SMILES string of the molecule is O=C(O)c1ccccc1C(=O)OCC1CO1.O=C(O)c1ccccc1C(=O)OCC1CO1. The highest BCUT2D eigenvalue weighted by molar-refractivity contribution is 6.03. The van der Waals surface area contributed by atoms with Crippen LogP contribution in [0.1, 0.15) is 41.4 Å². The Labute approximate surface area is 182 Å². The summed E-state index contributed by atoms with van der Waals surface area (Å²) in [5.74, 6) is -3.55. The molecule has 2 heterocycles. The van der Waals surface area contributed by atoms with Crippen molar-refractivity contribution in [2.45, 2.75) is 12.2 Å². The predicted octanol–water partition coefficient (Wildman–Crippen LogP) is 1.88. The van der Waals surface area contributed by atoms with Crippen LogP contribution in [0.25, 0.3) is 0 Å². The summed E-state index contributed by atoms with van der Waals surface area (Å²) in [4.78, 5) is 44.8. The lowest BCUT2D eigenvalue weighted by Gasteiger charge is -2.05. The molecule has 2 aromatic rings. The highest BCUT2D eigenvalue weighted by atomic mass is 16.6. The van der Waals surface area contributed by atoms with E-state index in [1.54, 1.807) is 24.3 Å². The molecule has 2 fully saturated rings. The number of carbonyl (C=O) groups excluding carboxylic acids is 2. The summed E-state index contributed by atoms with van der Waals surface area (Å²) in [6.45, 7) is 1.53. The van der Waals surface area contributed by atoms with Gasteiger partial charge in [-0.3, -0.25) is 0 Å². The van der Waals surface area contributed by atoms with Gasteiger partial charge < -0.3 is 29.2 Å². The summed E-state index contributed by atoms with van der Waals surface area (Å²) in [6.07, 6.45) is -0.0538. The van der Waals surface area contributed by atoms with E-state index in [1.807, 2.05) is 0 Å². The molecule has 10 nitrogen and oxygen atoms in total. The third kappa shape index (κ3) is 6.62. The number of epoxide rings is 2. The Morgan fingerprint density at radius 3 is 1.28 bits per heavy atom. The van der Waals surface area contributed by atoms with Gasteiger partial charge in [0, 0.05) is 0 Å². The van der Waals surface area contributed by atoms with Gasteiger partial charge in [0.05, 0.1) is 35.5 Å². The Kier molecular flexibility index (Phi) is 7.53. The Bertz CT molecular complexity index is 926. The van der Waals surface area contributed by atoms with Crippen molar-refractivity contribution in [2.75, 3.05) is 26.4 Å². The Balaban J connectivity index is 0.000000181. The molecule has 2 saturated heterocycles. The molecule has 32 heavy (non-hydrogen) atoms. The van der Waals surface area contributed by atoms with Crippen molar-refractivity contribution < 1.29 is 48.3 Å². The van der Waals surface area contributed by atoms with Gasteiger partial charge in [-0.1, -0.05) is 24.3 Å². The molecule has 2 aliphatic heterocycles. The molecule has 0 aromatic heterocycles. The lowest BCUT2D eigenvalue weighted by molar-refractivity contribution is 0.0462. The van der Waals surface area contributed by atoms with Crippen LogP contribution in [-0.4, -0.2) is 72.7 Å². The van der Waals surface area contributed by atoms with Gasteiger partial charge >= 0.3 is 23.9 Å². The van der Waals surface area contributed by atoms with Crippen LogP contribution < -0.4 is 0 Å². The number of hydrogen-bond acceptors (Lipinski definition) is 8. The van der Waals surface area contributed by atoms with Crippen molar-refractivity contribution in [3.63, 3.8) is 0 Å². The molecule has 2 atom stereocenters. The monoisotopic (exact) mass is 444 g/mol. The second kappa shape index (κ2) is 10.5. The van der Waals surface area contributed by atoms with Crippen molar-refractivity contribution in [3.05, 3.63) is 70.8 Å². The molecule has 0 aliphatic carbocycles. The minimum absolute atomic E-state index is 0.0269. The molecule has 2 unspecified atom stereocenters. The first kappa shape index (κ1) is 22.9. The predicted molar refractivity (Wildman–Crippen MR) is 107 cm³/mol. The molecular formula is C22H20O10. The fourth-order valence-electron chi connectivity index (χ4n) is 2.52. The van der Waals surface area contributed by atoms with E-state index in [2.05, 4.69) is 0 Å². The average Bonchev–Trinajstić information content (AvgIpc) is 3.71. The Morgan fingerprint density at radius 1 is 0.688 bits per heavy atom. The van der Waals surface area contributed by atoms with Crippen LogP contribution in [0.15, 0.2) is 48.5 Å². The van der Waals surface area contributed by atoms with Gasteiger partial charge in [0.2, 0.25) is 0 Å². The summed E-state index contributed by atoms with van der Waals surface area (Å²) in [5, 5.41) is 17.7. The first-order valence-electron chi connectivity index (χ1n) is 9.59. The van der Waals surface area contributed by atoms with Crippen molar-refractivity contribution in [2.24, 2.45) is 0 Å². The number of rotatable bonds is 8. The fraction of sp³-hybridized carbons (Fsp3) is 0.273. The fourth-order valence-corrected chi connectivity index (χ4v) is 2.52. The minimum atomic E-state index is -1.14. The molecule has 2 aromatic carbocycles. The topological polar surface area (TPSA) is 152 Å². The van der Waals surface area contributed by atoms with Crippen LogP contribution in [0.3, 0.4) is 0 Å². The maximum Gasteiger partial charge on any atom is 0.339 e. The van der Waals surface area contributed by atoms with Gasteiger partial charge in [-0.05, 0) is 24.3 Å². The Hall–Kier alpha value is -3.76. The van der Waals surface area contributed by atoms with Crippen LogP contribution in [0.5, 0.6) is 0 Å². The van der Waals surface area contributed by atoms with Crippen molar-refractivity contribution in [3.8, 4) is 0 Å². The van der Waals surface area contributed by atoms with E-state index in [-0.39, 0.29) is 47.7 Å². The van der Waals surface area contributed by atoms with E-state index in [9.17, 15) is 19.2 Å². The summed E-state index contributed by atoms with van der Waals surface area (Å²) in [7, 11) is 0. The van der Waals surface area contributed by atoms with Gasteiger partial charge in [0.25, 0.3) is 0 Å². The van der Waals surface area contributed by atoms with Crippen LogP contribution in [-0.2, 0) is 18.9 Å². The molecule has 168 valence electrons. The number of carboxylic acids is 2. The van der Waals surface area contributed by atoms with Crippen molar-refractivity contribution in [1.82, 2.24) is 0 Å². The van der Waals surface area contributed by atoms with Crippen LogP contribution >= 0.6 is 0 Å². The summed E-state index contributed by atoms with van der Waals surface area (Å²) >= 11 is 0. The summed E-state index contributed by atoms with van der Waals surface area (Å²) in [5.41, 5.74) is 0.0275. The molecular weight excluding hydrogens is 424 g/mol. The van der Waals surface area contributed by atoms with Gasteiger partial charge in [-0.2, -0.15) is 0 Å². The number of ether oxygens (including phenoxy) is 4. The van der Waals surface area contributed by atoms with Crippen LogP contribution in [0, 0.1) is 0 Å². The van der Waals surface area contributed by atoms with Gasteiger partial charge in [0.15, 0.2) is 0 Å². The highest BCUT2D eigenvalue weighted by Gasteiger charge is 2.26. The first-order chi connectivity index (χ1) is 15.4. The van der Waals surface area contributed by atoms with Gasteiger partial charge in [-0.25, -0.2) is 19.2 Å². The molecule has 2 N–H and O–H groups in total. The van der Waals surface area contributed by atoms with Gasteiger partial charge in [0.1, 0.15) is 25.4 Å². The maximum absolute atomic E-state index is 11.6. The standard InChI is InChI=1S/2C11H10O5/c2*12-10(13)8-3-1-2-4-9(8)11(14)16-6-7-5-15-7/h2*1-4,7H,5-6H2,(H,12,13). The zero-order valence-corrected chi connectivity index (χ0v) is 16.8. The number of carbonyl (C=O) groups is 4. The molecule has 4 rings (SSSR count). The van der Waals surface area contributed by atoms with E-state index in [0.717, 1.165) is 0 Å². The maximum atomic E-state index is 11.6. The number of carboxylic acid groups (broad SMARTS) is 2. The Morgan fingerprint density at radius 2 is 1.00 bits per heavy atom. The molecule has 0 amide bonds. The zero-order chi connectivity index (χ0) is 23.1. The number of hydrogen-bond donors (Lipinski definition) is 2. The second-order valence-electron chi connectivity index (χ2n) is 6.81. The normalized spacial score (nSPS) is 17.9. The molecule has 0 bridgehead atoms. The second-order valence-corrected chi connectivity index (χ2v) is 6.81. The molecule has 0 radical (unpaired) electrons. The van der Waals surface area contributed by atoms with E-state index >= 15 is 0 Å². The third-order valence-electron chi connectivity index (χ3n) is 4.36. The summed E-state index contributed by atoms with van der Waals surface area (Å²) < 4.78 is 19.6. The molecule has 0 saturated carbocycles. The van der Waals surface area contributed by atoms with Crippen LogP contribution in [0.2, 0.25) is 0 Å². The lowest BCUT2D eigenvalue weighted by Crippen LogP contribution is -2.14. The molecule has 10 heteroatoms. The van der Waals surface area contributed by atoms with Crippen LogP contribution in [0.4, 0.5) is 0 Å².